The van der Waals surface area contributed by atoms with Crippen molar-refractivity contribution < 1.29 is 8.78 Å². The van der Waals surface area contributed by atoms with E-state index in [4.69, 9.17) is 0 Å². The Bertz CT molecular complexity index is 602. The maximum absolute atomic E-state index is 13.2. The van der Waals surface area contributed by atoms with Crippen molar-refractivity contribution in [1.82, 2.24) is 9.80 Å². The lowest BCUT2D eigenvalue weighted by Crippen LogP contribution is -2.46. The third kappa shape index (κ3) is 4.85. The van der Waals surface area contributed by atoms with Crippen LogP contribution in [-0.4, -0.2) is 42.5 Å². The van der Waals surface area contributed by atoms with Gasteiger partial charge in [0.15, 0.2) is 0 Å². The van der Waals surface area contributed by atoms with Crippen LogP contribution in [0.25, 0.3) is 0 Å². The van der Waals surface area contributed by atoms with Gasteiger partial charge in [-0.25, -0.2) is 8.78 Å². The lowest BCUT2D eigenvalue weighted by molar-refractivity contribution is 0.128. The van der Waals surface area contributed by atoms with E-state index in [0.29, 0.717) is 12.1 Å². The summed E-state index contributed by atoms with van der Waals surface area (Å²) in [4.78, 5) is 4.71. The highest BCUT2D eigenvalue weighted by Crippen LogP contribution is 2.13. The Morgan fingerprint density at radius 3 is 2.00 bits per heavy atom. The minimum Gasteiger partial charge on any atom is -0.300 e. The molecule has 0 aromatic heterocycles. The van der Waals surface area contributed by atoms with E-state index < -0.39 is 11.6 Å². The highest BCUT2D eigenvalue weighted by Gasteiger charge is 2.17. The topological polar surface area (TPSA) is 6.48 Å². The highest BCUT2D eigenvalue weighted by molar-refractivity contribution is 5.18. The molecule has 1 aliphatic rings. The van der Waals surface area contributed by atoms with Crippen LogP contribution < -0.4 is 0 Å². The van der Waals surface area contributed by atoms with Gasteiger partial charge in [-0.15, -0.1) is 0 Å². The van der Waals surface area contributed by atoms with Crippen molar-refractivity contribution in [1.29, 1.82) is 0 Å². The zero-order chi connectivity index (χ0) is 16.1. The van der Waals surface area contributed by atoms with E-state index in [9.17, 15) is 8.78 Å². The van der Waals surface area contributed by atoms with Crippen LogP contribution in [0, 0.1) is 11.6 Å². The van der Waals surface area contributed by atoms with Crippen molar-refractivity contribution in [2.24, 2.45) is 0 Å². The molecule has 0 atom stereocenters. The SMILES string of the molecule is Fc1cc(F)cc(CN2CCN(CCc3ccccc3)CC2)c1. The summed E-state index contributed by atoms with van der Waals surface area (Å²) >= 11 is 0. The van der Waals surface area contributed by atoms with Crippen LogP contribution in [0.3, 0.4) is 0 Å². The molecule has 0 aliphatic carbocycles. The minimum absolute atomic E-state index is 0.499. The number of benzene rings is 2. The summed E-state index contributed by atoms with van der Waals surface area (Å²) in [5.74, 6) is -0.997. The summed E-state index contributed by atoms with van der Waals surface area (Å²) in [5.41, 5.74) is 2.07. The van der Waals surface area contributed by atoms with Gasteiger partial charge in [-0.1, -0.05) is 30.3 Å². The summed E-state index contributed by atoms with van der Waals surface area (Å²) in [6, 6.07) is 14.3. The fourth-order valence-electron chi connectivity index (χ4n) is 3.06. The summed E-state index contributed by atoms with van der Waals surface area (Å²) in [5, 5.41) is 0. The number of rotatable bonds is 5. The maximum atomic E-state index is 13.2. The number of hydrogen-bond acceptors (Lipinski definition) is 2. The molecular weight excluding hydrogens is 294 g/mol. The zero-order valence-electron chi connectivity index (χ0n) is 13.2. The molecule has 0 saturated carbocycles. The zero-order valence-corrected chi connectivity index (χ0v) is 13.2. The Kier molecular flexibility index (Phi) is 5.36. The van der Waals surface area contributed by atoms with Gasteiger partial charge in [-0.05, 0) is 29.7 Å². The van der Waals surface area contributed by atoms with E-state index in [1.165, 1.54) is 17.7 Å². The van der Waals surface area contributed by atoms with Crippen molar-refractivity contribution in [3.63, 3.8) is 0 Å². The van der Waals surface area contributed by atoms with Gasteiger partial charge < -0.3 is 4.90 Å². The molecule has 2 nitrogen and oxygen atoms in total. The minimum atomic E-state index is -0.499. The summed E-state index contributed by atoms with van der Waals surface area (Å²) in [6.07, 6.45) is 1.07. The van der Waals surface area contributed by atoms with Crippen molar-refractivity contribution in [3.05, 3.63) is 71.3 Å². The fourth-order valence-corrected chi connectivity index (χ4v) is 3.06. The van der Waals surface area contributed by atoms with E-state index in [0.717, 1.165) is 45.2 Å². The Hall–Kier alpha value is -1.78. The smallest absolute Gasteiger partial charge is 0.126 e. The first kappa shape index (κ1) is 16.1. The van der Waals surface area contributed by atoms with Crippen LogP contribution in [0.2, 0.25) is 0 Å². The average Bonchev–Trinajstić information content (AvgIpc) is 2.54. The van der Waals surface area contributed by atoms with E-state index in [2.05, 4.69) is 34.1 Å². The molecule has 23 heavy (non-hydrogen) atoms. The Balaban J connectivity index is 1.45. The van der Waals surface area contributed by atoms with Crippen molar-refractivity contribution in [2.75, 3.05) is 32.7 Å². The number of nitrogens with zero attached hydrogens (tertiary/aromatic N) is 2. The first-order valence-corrected chi connectivity index (χ1v) is 8.13. The van der Waals surface area contributed by atoms with E-state index in [-0.39, 0.29) is 0 Å². The first-order chi connectivity index (χ1) is 11.2. The van der Waals surface area contributed by atoms with Gasteiger partial charge in [0.2, 0.25) is 0 Å². The van der Waals surface area contributed by atoms with Crippen molar-refractivity contribution in [2.45, 2.75) is 13.0 Å². The lowest BCUT2D eigenvalue weighted by Gasteiger charge is -2.34. The molecule has 1 heterocycles. The monoisotopic (exact) mass is 316 g/mol. The maximum Gasteiger partial charge on any atom is 0.126 e. The predicted octanol–water partition coefficient (Wildman–Crippen LogP) is 3.33. The van der Waals surface area contributed by atoms with Gasteiger partial charge in [-0.3, -0.25) is 4.90 Å². The Morgan fingerprint density at radius 2 is 1.35 bits per heavy atom. The molecule has 3 rings (SSSR count). The molecule has 4 heteroatoms. The van der Waals surface area contributed by atoms with Gasteiger partial charge in [0.25, 0.3) is 0 Å². The van der Waals surface area contributed by atoms with Gasteiger partial charge >= 0.3 is 0 Å². The van der Waals surface area contributed by atoms with Crippen molar-refractivity contribution >= 4 is 0 Å². The summed E-state index contributed by atoms with van der Waals surface area (Å²) in [6.45, 7) is 5.56. The van der Waals surface area contributed by atoms with E-state index in [1.54, 1.807) is 0 Å². The molecule has 122 valence electrons. The standard InChI is InChI=1S/C19H22F2N2/c20-18-12-17(13-19(21)14-18)15-23-10-8-22(9-11-23)7-6-16-4-2-1-3-5-16/h1-5,12-14H,6-11,15H2. The van der Waals surface area contributed by atoms with Gasteiger partial charge in [0.05, 0.1) is 0 Å². The molecule has 0 unspecified atom stereocenters. The second kappa shape index (κ2) is 7.66. The van der Waals surface area contributed by atoms with Gasteiger partial charge in [0, 0.05) is 45.3 Å². The van der Waals surface area contributed by atoms with Gasteiger partial charge in [0.1, 0.15) is 11.6 Å². The molecule has 1 fully saturated rings. The molecule has 0 bridgehead atoms. The molecule has 0 N–H and O–H groups in total. The lowest BCUT2D eigenvalue weighted by atomic mass is 10.1. The second-order valence-corrected chi connectivity index (χ2v) is 6.13. The van der Waals surface area contributed by atoms with Gasteiger partial charge in [-0.2, -0.15) is 0 Å². The quantitative estimate of drug-likeness (QED) is 0.835. The normalized spacial score (nSPS) is 16.6. The van der Waals surface area contributed by atoms with Crippen LogP contribution in [0.4, 0.5) is 8.78 Å². The highest BCUT2D eigenvalue weighted by atomic mass is 19.1. The van der Waals surface area contributed by atoms with E-state index in [1.807, 2.05) is 6.07 Å². The van der Waals surface area contributed by atoms with Crippen LogP contribution in [-0.2, 0) is 13.0 Å². The molecule has 1 aliphatic heterocycles. The molecular formula is C19H22F2N2. The molecule has 2 aromatic rings. The molecule has 0 spiro atoms. The average molecular weight is 316 g/mol. The first-order valence-electron chi connectivity index (χ1n) is 8.13. The molecule has 1 saturated heterocycles. The summed E-state index contributed by atoms with van der Waals surface area (Å²) in [7, 11) is 0. The Labute approximate surface area is 136 Å². The number of hydrogen-bond donors (Lipinski definition) is 0. The molecule has 0 amide bonds. The van der Waals surface area contributed by atoms with Crippen LogP contribution in [0.1, 0.15) is 11.1 Å². The van der Waals surface area contributed by atoms with Crippen LogP contribution in [0.15, 0.2) is 48.5 Å². The van der Waals surface area contributed by atoms with Crippen molar-refractivity contribution in [3.8, 4) is 0 Å². The third-order valence-corrected chi connectivity index (χ3v) is 4.35. The number of halogens is 2. The largest absolute Gasteiger partial charge is 0.300 e. The third-order valence-electron chi connectivity index (χ3n) is 4.35. The number of piperazine rings is 1. The molecule has 0 radical (unpaired) electrons. The fraction of sp³-hybridized carbons (Fsp3) is 0.368. The predicted molar refractivity (Wildman–Crippen MR) is 88.2 cm³/mol. The Morgan fingerprint density at radius 1 is 0.739 bits per heavy atom. The van der Waals surface area contributed by atoms with Crippen LogP contribution in [0.5, 0.6) is 0 Å². The summed E-state index contributed by atoms with van der Waals surface area (Å²) < 4.78 is 26.5. The molecule has 2 aromatic carbocycles. The van der Waals surface area contributed by atoms with E-state index >= 15 is 0 Å². The van der Waals surface area contributed by atoms with Crippen LogP contribution >= 0.6 is 0 Å². The second-order valence-electron chi connectivity index (χ2n) is 6.13.